The van der Waals surface area contributed by atoms with Crippen molar-refractivity contribution in [2.45, 2.75) is 84.6 Å². The minimum absolute atomic E-state index is 0.0408. The van der Waals surface area contributed by atoms with Crippen LogP contribution in [0.2, 0.25) is 0 Å². The SMILES string of the molecule is CC(C)(C)OC(=O)c1ccc(NN(CC2CCC(C(F)(F)F)CC2)C(=O)OC(C)(C)C)nc1. The molecule has 1 amide bonds. The minimum atomic E-state index is -4.19. The van der Waals surface area contributed by atoms with E-state index in [1.807, 2.05) is 0 Å². The number of aromatic nitrogens is 1. The first kappa shape index (κ1) is 26.7. The summed E-state index contributed by atoms with van der Waals surface area (Å²) < 4.78 is 49.7. The molecule has 0 saturated heterocycles. The lowest BCUT2D eigenvalue weighted by Gasteiger charge is -2.34. The number of carbonyl (C=O) groups is 2. The van der Waals surface area contributed by atoms with Crippen molar-refractivity contribution in [1.82, 2.24) is 9.99 Å². The van der Waals surface area contributed by atoms with E-state index < -0.39 is 35.4 Å². The molecule has 1 saturated carbocycles. The summed E-state index contributed by atoms with van der Waals surface area (Å²) in [6, 6.07) is 3.04. The Hall–Kier alpha value is -2.52. The van der Waals surface area contributed by atoms with E-state index in [1.54, 1.807) is 41.5 Å². The largest absolute Gasteiger partial charge is 0.456 e. The maximum Gasteiger partial charge on any atom is 0.429 e. The topological polar surface area (TPSA) is 80.8 Å². The zero-order valence-corrected chi connectivity index (χ0v) is 20.1. The number of nitrogens with one attached hydrogen (secondary N) is 1. The third-order valence-electron chi connectivity index (χ3n) is 5.01. The van der Waals surface area contributed by atoms with Gasteiger partial charge in [-0.25, -0.2) is 19.6 Å². The second-order valence-corrected chi connectivity index (χ2v) is 10.4. The molecule has 186 valence electrons. The summed E-state index contributed by atoms with van der Waals surface area (Å²) >= 11 is 0. The molecule has 1 aromatic rings. The van der Waals surface area contributed by atoms with E-state index in [4.69, 9.17) is 9.47 Å². The van der Waals surface area contributed by atoms with Crippen molar-refractivity contribution >= 4 is 17.9 Å². The fourth-order valence-corrected chi connectivity index (χ4v) is 3.47. The van der Waals surface area contributed by atoms with E-state index in [0.29, 0.717) is 12.8 Å². The lowest BCUT2D eigenvalue weighted by atomic mass is 9.81. The van der Waals surface area contributed by atoms with E-state index in [0.717, 1.165) is 0 Å². The molecule has 1 aliphatic rings. The molecule has 33 heavy (non-hydrogen) atoms. The molecule has 0 atom stereocenters. The van der Waals surface area contributed by atoms with E-state index in [2.05, 4.69) is 10.4 Å². The zero-order valence-electron chi connectivity index (χ0n) is 20.1. The van der Waals surface area contributed by atoms with Gasteiger partial charge in [0.05, 0.1) is 11.5 Å². The fraction of sp³-hybridized carbons (Fsp3) is 0.696. The number of hydrogen-bond donors (Lipinski definition) is 1. The Labute approximate surface area is 193 Å². The van der Waals surface area contributed by atoms with Gasteiger partial charge in [-0.3, -0.25) is 5.43 Å². The number of anilines is 1. The molecule has 1 aromatic heterocycles. The molecule has 2 rings (SSSR count). The van der Waals surface area contributed by atoms with Gasteiger partial charge >= 0.3 is 18.2 Å². The van der Waals surface area contributed by atoms with E-state index in [1.165, 1.54) is 23.3 Å². The van der Waals surface area contributed by atoms with Gasteiger partial charge in [0.15, 0.2) is 0 Å². The van der Waals surface area contributed by atoms with E-state index in [-0.39, 0.29) is 36.7 Å². The monoisotopic (exact) mass is 473 g/mol. The van der Waals surface area contributed by atoms with Gasteiger partial charge in [0.25, 0.3) is 0 Å². The highest BCUT2D eigenvalue weighted by molar-refractivity contribution is 5.89. The third kappa shape index (κ3) is 9.09. The molecular formula is C23H34F3N3O4. The lowest BCUT2D eigenvalue weighted by molar-refractivity contribution is -0.184. The molecular weight excluding hydrogens is 439 g/mol. The number of nitrogens with zero attached hydrogens (tertiary/aromatic N) is 2. The molecule has 1 fully saturated rings. The summed E-state index contributed by atoms with van der Waals surface area (Å²) in [5, 5.41) is 1.24. The number of esters is 1. The Morgan fingerprint density at radius 1 is 1.00 bits per heavy atom. The average molecular weight is 474 g/mol. The highest BCUT2D eigenvalue weighted by Crippen LogP contribution is 2.39. The molecule has 7 nitrogen and oxygen atoms in total. The van der Waals surface area contributed by atoms with Crippen molar-refractivity contribution < 1.29 is 32.2 Å². The number of rotatable bonds is 5. The molecule has 1 aliphatic carbocycles. The van der Waals surface area contributed by atoms with Crippen molar-refractivity contribution in [1.29, 1.82) is 0 Å². The number of pyridine rings is 1. The standard InChI is InChI=1S/C23H34F3N3O4/c1-21(2,3)32-19(30)16-9-12-18(27-13-16)28-29(20(31)33-22(4,5)6)14-15-7-10-17(11-8-15)23(24,25)26/h9,12-13,15,17H,7-8,10-11,14H2,1-6H3,(H,27,28). The summed E-state index contributed by atoms with van der Waals surface area (Å²) in [5.41, 5.74) is 1.74. The van der Waals surface area contributed by atoms with Gasteiger partial charge in [-0.2, -0.15) is 13.2 Å². The Balaban J connectivity index is 2.08. The number of hydrogen-bond acceptors (Lipinski definition) is 6. The van der Waals surface area contributed by atoms with Crippen molar-refractivity contribution in [3.63, 3.8) is 0 Å². The molecule has 0 unspecified atom stereocenters. The van der Waals surface area contributed by atoms with Crippen LogP contribution in [0.15, 0.2) is 18.3 Å². The van der Waals surface area contributed by atoms with Crippen LogP contribution in [-0.4, -0.2) is 46.0 Å². The zero-order chi connectivity index (χ0) is 25.0. The Morgan fingerprint density at radius 3 is 2.03 bits per heavy atom. The molecule has 0 spiro atoms. The number of alkyl halides is 3. The lowest BCUT2D eigenvalue weighted by Crippen LogP contribution is -2.44. The predicted molar refractivity (Wildman–Crippen MR) is 117 cm³/mol. The van der Waals surface area contributed by atoms with E-state index >= 15 is 0 Å². The smallest absolute Gasteiger partial charge is 0.429 e. The van der Waals surface area contributed by atoms with Crippen molar-refractivity contribution in [2.75, 3.05) is 12.0 Å². The van der Waals surface area contributed by atoms with Crippen LogP contribution >= 0.6 is 0 Å². The predicted octanol–water partition coefficient (Wildman–Crippen LogP) is 5.97. The van der Waals surface area contributed by atoms with Crippen molar-refractivity contribution in [3.8, 4) is 0 Å². The summed E-state index contributed by atoms with van der Waals surface area (Å²) in [6.07, 6.45) is -2.71. The Kier molecular flexibility index (Phi) is 8.24. The average Bonchev–Trinajstić information content (AvgIpc) is 2.65. The first-order chi connectivity index (χ1) is 15.0. The number of ether oxygens (including phenoxy) is 2. The molecule has 0 radical (unpaired) electrons. The Bertz CT molecular complexity index is 806. The van der Waals surface area contributed by atoms with E-state index in [9.17, 15) is 22.8 Å². The summed E-state index contributed by atoms with van der Waals surface area (Å²) in [7, 11) is 0. The van der Waals surface area contributed by atoms with Crippen LogP contribution in [0.25, 0.3) is 0 Å². The first-order valence-corrected chi connectivity index (χ1v) is 11.1. The van der Waals surface area contributed by atoms with Crippen molar-refractivity contribution in [2.24, 2.45) is 11.8 Å². The molecule has 0 bridgehead atoms. The maximum absolute atomic E-state index is 13.0. The first-order valence-electron chi connectivity index (χ1n) is 11.1. The van der Waals surface area contributed by atoms with Crippen LogP contribution in [0.4, 0.5) is 23.8 Å². The number of halogens is 3. The van der Waals surface area contributed by atoms with Gasteiger partial charge in [-0.15, -0.1) is 0 Å². The highest BCUT2D eigenvalue weighted by atomic mass is 19.4. The van der Waals surface area contributed by atoms with Gasteiger partial charge in [0.1, 0.15) is 17.0 Å². The number of hydrazine groups is 1. The van der Waals surface area contributed by atoms with Gasteiger partial charge in [-0.1, -0.05) is 0 Å². The highest BCUT2D eigenvalue weighted by Gasteiger charge is 2.42. The van der Waals surface area contributed by atoms with Crippen LogP contribution in [0.5, 0.6) is 0 Å². The molecule has 0 aromatic carbocycles. The van der Waals surface area contributed by atoms with Gasteiger partial charge < -0.3 is 9.47 Å². The Morgan fingerprint density at radius 2 is 1.58 bits per heavy atom. The molecule has 1 heterocycles. The maximum atomic E-state index is 13.0. The van der Waals surface area contributed by atoms with Gasteiger partial charge in [0, 0.05) is 12.7 Å². The van der Waals surface area contributed by atoms with Crippen LogP contribution in [0.3, 0.4) is 0 Å². The fourth-order valence-electron chi connectivity index (χ4n) is 3.47. The molecule has 0 aliphatic heterocycles. The second kappa shape index (κ2) is 10.2. The van der Waals surface area contributed by atoms with Crippen LogP contribution in [-0.2, 0) is 9.47 Å². The summed E-state index contributed by atoms with van der Waals surface area (Å²) in [6.45, 7) is 10.6. The van der Waals surface area contributed by atoms with Crippen molar-refractivity contribution in [3.05, 3.63) is 23.9 Å². The van der Waals surface area contributed by atoms with Gasteiger partial charge in [-0.05, 0) is 85.3 Å². The van der Waals surface area contributed by atoms with Crippen LogP contribution in [0, 0.1) is 11.8 Å². The number of carbonyl (C=O) groups excluding carboxylic acids is 2. The van der Waals surface area contributed by atoms with Gasteiger partial charge in [0.2, 0.25) is 0 Å². The molecule has 10 heteroatoms. The van der Waals surface area contributed by atoms with Crippen LogP contribution in [0.1, 0.15) is 77.6 Å². The summed E-state index contributed by atoms with van der Waals surface area (Å²) in [4.78, 5) is 29.1. The second-order valence-electron chi connectivity index (χ2n) is 10.4. The minimum Gasteiger partial charge on any atom is -0.456 e. The summed E-state index contributed by atoms with van der Waals surface area (Å²) in [5.74, 6) is -1.63. The third-order valence-corrected chi connectivity index (χ3v) is 5.01. The van der Waals surface area contributed by atoms with Crippen LogP contribution < -0.4 is 5.43 Å². The number of amides is 1. The quantitative estimate of drug-likeness (QED) is 0.419. The molecule has 1 N–H and O–H groups in total. The normalized spacial score (nSPS) is 19.5.